The van der Waals surface area contributed by atoms with Gasteiger partial charge in [0.1, 0.15) is 0 Å². The highest BCUT2D eigenvalue weighted by molar-refractivity contribution is 7.12. The van der Waals surface area contributed by atoms with Crippen molar-refractivity contribution in [2.24, 2.45) is 0 Å². The Morgan fingerprint density at radius 1 is 0.957 bits per heavy atom. The molecule has 5 heteroatoms. The summed E-state index contributed by atoms with van der Waals surface area (Å²) in [4.78, 5) is 2.68. The van der Waals surface area contributed by atoms with Gasteiger partial charge in [0.05, 0.1) is 21.3 Å². The molecule has 4 nitrogen and oxygen atoms in total. The summed E-state index contributed by atoms with van der Waals surface area (Å²) in [5.41, 5.74) is 1.13. The SMILES string of the molecule is COc1cc(NCc2ccc(C(C)(C)C)s2)cc(OC)c1OC. The third-order valence-corrected chi connectivity index (χ3v) is 5.04. The van der Waals surface area contributed by atoms with Crippen molar-refractivity contribution < 1.29 is 14.2 Å². The number of ether oxygens (including phenoxy) is 3. The number of anilines is 1. The van der Waals surface area contributed by atoms with Crippen molar-refractivity contribution in [2.75, 3.05) is 26.6 Å². The molecule has 0 aliphatic heterocycles. The zero-order valence-electron chi connectivity index (χ0n) is 14.6. The van der Waals surface area contributed by atoms with E-state index in [4.69, 9.17) is 14.2 Å². The summed E-state index contributed by atoms with van der Waals surface area (Å²) in [7, 11) is 4.85. The highest BCUT2D eigenvalue weighted by Gasteiger charge is 2.16. The lowest BCUT2D eigenvalue weighted by Crippen LogP contribution is -2.07. The van der Waals surface area contributed by atoms with Gasteiger partial charge in [-0.1, -0.05) is 20.8 Å². The van der Waals surface area contributed by atoms with Crippen molar-refractivity contribution in [3.8, 4) is 17.2 Å². The number of methoxy groups -OCH3 is 3. The number of hydrogen-bond donors (Lipinski definition) is 1. The van der Waals surface area contributed by atoms with Crippen LogP contribution in [0.5, 0.6) is 17.2 Å². The summed E-state index contributed by atoms with van der Waals surface area (Å²) in [6.07, 6.45) is 0. The molecule has 0 fully saturated rings. The van der Waals surface area contributed by atoms with Crippen LogP contribution in [0.2, 0.25) is 0 Å². The molecule has 0 aliphatic rings. The third-order valence-electron chi connectivity index (χ3n) is 3.53. The Bertz CT molecular complexity index is 634. The number of nitrogens with one attached hydrogen (secondary N) is 1. The Morgan fingerprint density at radius 3 is 2.00 bits per heavy atom. The maximum absolute atomic E-state index is 5.38. The van der Waals surface area contributed by atoms with Crippen LogP contribution in [-0.4, -0.2) is 21.3 Å². The van der Waals surface area contributed by atoms with E-state index in [-0.39, 0.29) is 5.41 Å². The molecule has 0 bridgehead atoms. The first kappa shape index (κ1) is 17.5. The minimum Gasteiger partial charge on any atom is -0.493 e. The second-order valence-corrected chi connectivity index (χ2v) is 7.45. The van der Waals surface area contributed by atoms with Gasteiger partial charge in [-0.25, -0.2) is 0 Å². The topological polar surface area (TPSA) is 39.7 Å². The van der Waals surface area contributed by atoms with Gasteiger partial charge in [-0.05, 0) is 17.5 Å². The van der Waals surface area contributed by atoms with Crippen molar-refractivity contribution >= 4 is 17.0 Å². The lowest BCUT2D eigenvalue weighted by atomic mass is 9.95. The van der Waals surface area contributed by atoms with Crippen molar-refractivity contribution in [3.63, 3.8) is 0 Å². The average Bonchev–Trinajstić information content (AvgIpc) is 3.00. The minimum absolute atomic E-state index is 0.190. The molecule has 2 aromatic rings. The number of hydrogen-bond acceptors (Lipinski definition) is 5. The van der Waals surface area contributed by atoms with Gasteiger partial charge in [0.2, 0.25) is 5.75 Å². The molecule has 2 rings (SSSR count). The normalized spacial score (nSPS) is 11.2. The molecule has 0 radical (unpaired) electrons. The van der Waals surface area contributed by atoms with E-state index in [1.165, 1.54) is 9.75 Å². The maximum Gasteiger partial charge on any atom is 0.203 e. The molecular weight excluding hydrogens is 310 g/mol. The van der Waals surface area contributed by atoms with Gasteiger partial charge in [0.15, 0.2) is 11.5 Å². The number of rotatable bonds is 6. The zero-order valence-corrected chi connectivity index (χ0v) is 15.5. The van der Waals surface area contributed by atoms with Gasteiger partial charge in [0, 0.05) is 34.1 Å². The first-order chi connectivity index (χ1) is 10.9. The summed E-state index contributed by atoms with van der Waals surface area (Å²) < 4.78 is 16.1. The Morgan fingerprint density at radius 2 is 1.57 bits per heavy atom. The highest BCUT2D eigenvalue weighted by Crippen LogP contribution is 2.40. The standard InChI is InChI=1S/C18H25NO3S/c1-18(2,3)16-8-7-13(23-16)11-19-12-9-14(20-4)17(22-6)15(10-12)21-5/h7-10,19H,11H2,1-6H3. The van der Waals surface area contributed by atoms with Gasteiger partial charge in [-0.2, -0.15) is 0 Å². The molecule has 0 amide bonds. The zero-order chi connectivity index (χ0) is 17.0. The van der Waals surface area contributed by atoms with Crippen molar-refractivity contribution in [1.82, 2.24) is 0 Å². The molecule has 1 aromatic heterocycles. The second-order valence-electron chi connectivity index (χ2n) is 6.28. The first-order valence-electron chi connectivity index (χ1n) is 7.52. The monoisotopic (exact) mass is 335 g/mol. The summed E-state index contributed by atoms with van der Waals surface area (Å²) >= 11 is 1.84. The summed E-state index contributed by atoms with van der Waals surface area (Å²) in [5, 5.41) is 3.42. The average molecular weight is 335 g/mol. The van der Waals surface area contributed by atoms with E-state index in [0.717, 1.165) is 12.2 Å². The molecule has 1 heterocycles. The molecule has 126 valence electrons. The minimum atomic E-state index is 0.190. The molecule has 1 aromatic carbocycles. The van der Waals surface area contributed by atoms with E-state index in [2.05, 4.69) is 38.2 Å². The summed E-state index contributed by atoms with van der Waals surface area (Å²) in [5.74, 6) is 1.90. The molecule has 0 saturated carbocycles. The fraction of sp³-hybridized carbons (Fsp3) is 0.444. The molecule has 23 heavy (non-hydrogen) atoms. The smallest absolute Gasteiger partial charge is 0.203 e. The maximum atomic E-state index is 5.38. The molecule has 0 spiro atoms. The van der Waals surface area contributed by atoms with Crippen LogP contribution >= 0.6 is 11.3 Å². The van der Waals surface area contributed by atoms with E-state index in [1.807, 2.05) is 23.5 Å². The molecule has 0 saturated heterocycles. The van der Waals surface area contributed by atoms with E-state index in [0.29, 0.717) is 17.2 Å². The van der Waals surface area contributed by atoms with Crippen LogP contribution in [0.15, 0.2) is 24.3 Å². The Hall–Kier alpha value is -1.88. The van der Waals surface area contributed by atoms with Crippen LogP contribution < -0.4 is 19.5 Å². The lowest BCUT2D eigenvalue weighted by molar-refractivity contribution is 0.324. The van der Waals surface area contributed by atoms with Crippen LogP contribution in [0.4, 0.5) is 5.69 Å². The predicted molar refractivity (Wildman–Crippen MR) is 96.4 cm³/mol. The fourth-order valence-electron chi connectivity index (χ4n) is 2.25. The molecular formula is C18H25NO3S. The van der Waals surface area contributed by atoms with Gasteiger partial charge >= 0.3 is 0 Å². The Balaban J connectivity index is 2.16. The molecule has 0 atom stereocenters. The number of benzene rings is 1. The van der Waals surface area contributed by atoms with Crippen LogP contribution in [0, 0.1) is 0 Å². The van der Waals surface area contributed by atoms with Crippen LogP contribution in [0.3, 0.4) is 0 Å². The van der Waals surface area contributed by atoms with E-state index >= 15 is 0 Å². The van der Waals surface area contributed by atoms with Crippen LogP contribution in [0.25, 0.3) is 0 Å². The quantitative estimate of drug-likeness (QED) is 0.832. The van der Waals surface area contributed by atoms with Gasteiger partial charge in [0.25, 0.3) is 0 Å². The van der Waals surface area contributed by atoms with Crippen molar-refractivity contribution in [3.05, 3.63) is 34.0 Å². The van der Waals surface area contributed by atoms with Crippen LogP contribution in [-0.2, 0) is 12.0 Å². The van der Waals surface area contributed by atoms with Crippen LogP contribution in [0.1, 0.15) is 30.5 Å². The largest absolute Gasteiger partial charge is 0.493 e. The van der Waals surface area contributed by atoms with Gasteiger partial charge in [-0.3, -0.25) is 0 Å². The predicted octanol–water partition coefficient (Wildman–Crippen LogP) is 4.68. The fourth-order valence-corrected chi connectivity index (χ4v) is 3.25. The molecule has 0 aliphatic carbocycles. The van der Waals surface area contributed by atoms with E-state index in [9.17, 15) is 0 Å². The highest BCUT2D eigenvalue weighted by atomic mass is 32.1. The van der Waals surface area contributed by atoms with E-state index < -0.39 is 0 Å². The third kappa shape index (κ3) is 4.10. The van der Waals surface area contributed by atoms with Gasteiger partial charge in [-0.15, -0.1) is 11.3 Å². The number of thiophene rings is 1. The Kier molecular flexibility index (Phi) is 5.42. The first-order valence-corrected chi connectivity index (χ1v) is 8.33. The van der Waals surface area contributed by atoms with Crippen molar-refractivity contribution in [2.45, 2.75) is 32.7 Å². The summed E-state index contributed by atoms with van der Waals surface area (Å²) in [6, 6.07) is 8.21. The van der Waals surface area contributed by atoms with Crippen molar-refractivity contribution in [1.29, 1.82) is 0 Å². The molecule has 1 N–H and O–H groups in total. The lowest BCUT2D eigenvalue weighted by Gasteiger charge is -2.16. The van der Waals surface area contributed by atoms with Gasteiger partial charge < -0.3 is 19.5 Å². The Labute approximate surface area is 142 Å². The van der Waals surface area contributed by atoms with E-state index in [1.54, 1.807) is 21.3 Å². The molecule has 0 unspecified atom stereocenters. The second kappa shape index (κ2) is 7.13. The summed E-state index contributed by atoms with van der Waals surface area (Å²) in [6.45, 7) is 7.46.